The number of rotatable bonds is 4. The van der Waals surface area contributed by atoms with Gasteiger partial charge in [-0.05, 0) is 25.2 Å². The van der Waals surface area contributed by atoms with Gasteiger partial charge in [-0.3, -0.25) is 4.79 Å². The van der Waals surface area contributed by atoms with Crippen molar-refractivity contribution < 1.29 is 4.79 Å². The second-order valence-corrected chi connectivity index (χ2v) is 4.26. The van der Waals surface area contributed by atoms with E-state index in [0.717, 1.165) is 13.0 Å². The molecule has 0 heterocycles. The number of amides is 1. The van der Waals surface area contributed by atoms with E-state index in [1.165, 1.54) is 32.1 Å². The Morgan fingerprint density at radius 3 is 2.64 bits per heavy atom. The zero-order valence-electron chi connectivity index (χ0n) is 9.09. The maximum absolute atomic E-state index is 11.4. The summed E-state index contributed by atoms with van der Waals surface area (Å²) in [6.07, 6.45) is 7.25. The van der Waals surface area contributed by atoms with E-state index in [-0.39, 0.29) is 11.9 Å². The predicted octanol–water partition coefficient (Wildman–Crippen LogP) is 1.42. The Hall–Kier alpha value is -0.570. The Labute approximate surface area is 86.4 Å². The molecule has 0 spiro atoms. The fraction of sp³-hybridized carbons (Fsp3) is 0.909. The first-order valence-corrected chi connectivity index (χ1v) is 5.77. The highest BCUT2D eigenvalue weighted by atomic mass is 16.2. The molecule has 0 saturated heterocycles. The van der Waals surface area contributed by atoms with Crippen LogP contribution in [0.25, 0.3) is 0 Å². The van der Waals surface area contributed by atoms with Crippen LogP contribution < -0.4 is 11.1 Å². The third-order valence-corrected chi connectivity index (χ3v) is 3.07. The van der Waals surface area contributed by atoms with Gasteiger partial charge in [-0.25, -0.2) is 0 Å². The highest BCUT2D eigenvalue weighted by Crippen LogP contribution is 2.22. The molecule has 1 aliphatic rings. The smallest absolute Gasteiger partial charge is 0.236 e. The van der Waals surface area contributed by atoms with Crippen molar-refractivity contribution in [3.05, 3.63) is 0 Å². The first kappa shape index (κ1) is 11.5. The summed E-state index contributed by atoms with van der Waals surface area (Å²) >= 11 is 0. The maximum Gasteiger partial charge on any atom is 0.236 e. The molecule has 0 aromatic rings. The Bertz CT molecular complexity index is 176. The van der Waals surface area contributed by atoms with E-state index in [1.807, 2.05) is 6.92 Å². The summed E-state index contributed by atoms with van der Waals surface area (Å²) < 4.78 is 0. The van der Waals surface area contributed by atoms with Gasteiger partial charge in [0.05, 0.1) is 6.04 Å². The monoisotopic (exact) mass is 198 g/mol. The van der Waals surface area contributed by atoms with Gasteiger partial charge < -0.3 is 11.1 Å². The zero-order chi connectivity index (χ0) is 10.4. The van der Waals surface area contributed by atoms with E-state index in [2.05, 4.69) is 5.32 Å². The SMILES string of the molecule is CC[C@@H](N)C(=O)NCC1CCCCC1. The van der Waals surface area contributed by atoms with Crippen molar-refractivity contribution in [2.24, 2.45) is 11.7 Å². The predicted molar refractivity (Wildman–Crippen MR) is 57.9 cm³/mol. The van der Waals surface area contributed by atoms with E-state index < -0.39 is 0 Å². The van der Waals surface area contributed by atoms with Crippen molar-refractivity contribution >= 4 is 5.91 Å². The van der Waals surface area contributed by atoms with E-state index in [9.17, 15) is 4.79 Å². The largest absolute Gasteiger partial charge is 0.354 e. The molecule has 3 N–H and O–H groups in total. The molecule has 0 aliphatic heterocycles. The van der Waals surface area contributed by atoms with Crippen LogP contribution in [0, 0.1) is 5.92 Å². The van der Waals surface area contributed by atoms with Crippen LogP contribution in [0.15, 0.2) is 0 Å². The highest BCUT2D eigenvalue weighted by molar-refractivity contribution is 5.81. The van der Waals surface area contributed by atoms with Crippen LogP contribution in [-0.4, -0.2) is 18.5 Å². The van der Waals surface area contributed by atoms with E-state index in [1.54, 1.807) is 0 Å². The van der Waals surface area contributed by atoms with Crippen molar-refractivity contribution in [3.63, 3.8) is 0 Å². The summed E-state index contributed by atoms with van der Waals surface area (Å²) in [5.41, 5.74) is 5.62. The average molecular weight is 198 g/mol. The molecule has 0 unspecified atom stereocenters. The molecule has 1 aliphatic carbocycles. The van der Waals surface area contributed by atoms with Crippen LogP contribution in [0.5, 0.6) is 0 Å². The van der Waals surface area contributed by atoms with Crippen molar-refractivity contribution in [3.8, 4) is 0 Å². The molecule has 0 aromatic heterocycles. The number of hydrogen-bond acceptors (Lipinski definition) is 2. The topological polar surface area (TPSA) is 55.1 Å². The zero-order valence-corrected chi connectivity index (χ0v) is 9.09. The van der Waals surface area contributed by atoms with Crippen LogP contribution in [-0.2, 0) is 4.79 Å². The Balaban J connectivity index is 2.15. The van der Waals surface area contributed by atoms with Gasteiger partial charge in [-0.1, -0.05) is 26.2 Å². The molecular weight excluding hydrogens is 176 g/mol. The molecule has 0 radical (unpaired) electrons. The minimum absolute atomic E-state index is 0.0121. The third kappa shape index (κ3) is 3.66. The van der Waals surface area contributed by atoms with Crippen molar-refractivity contribution in [2.45, 2.75) is 51.5 Å². The summed E-state index contributed by atoms with van der Waals surface area (Å²) in [4.78, 5) is 11.4. The van der Waals surface area contributed by atoms with Gasteiger partial charge in [0.25, 0.3) is 0 Å². The quantitative estimate of drug-likeness (QED) is 0.718. The molecule has 1 saturated carbocycles. The summed E-state index contributed by atoms with van der Waals surface area (Å²) in [7, 11) is 0. The fourth-order valence-corrected chi connectivity index (χ4v) is 1.95. The molecule has 82 valence electrons. The molecule has 3 heteroatoms. The van der Waals surface area contributed by atoms with Gasteiger partial charge in [-0.15, -0.1) is 0 Å². The van der Waals surface area contributed by atoms with Crippen LogP contribution in [0.2, 0.25) is 0 Å². The Kier molecular flexibility index (Phi) is 4.94. The van der Waals surface area contributed by atoms with Gasteiger partial charge in [0, 0.05) is 6.54 Å². The molecule has 0 bridgehead atoms. The first-order chi connectivity index (χ1) is 6.74. The van der Waals surface area contributed by atoms with E-state index >= 15 is 0 Å². The Morgan fingerprint density at radius 1 is 1.43 bits per heavy atom. The van der Waals surface area contributed by atoms with Crippen LogP contribution in [0.3, 0.4) is 0 Å². The lowest BCUT2D eigenvalue weighted by Crippen LogP contribution is -2.42. The fourth-order valence-electron chi connectivity index (χ4n) is 1.95. The van der Waals surface area contributed by atoms with Gasteiger partial charge in [0.15, 0.2) is 0 Å². The standard InChI is InChI=1S/C11H22N2O/c1-2-10(12)11(14)13-8-9-6-4-3-5-7-9/h9-10H,2-8,12H2,1H3,(H,13,14)/t10-/m1/s1. The molecule has 1 amide bonds. The highest BCUT2D eigenvalue weighted by Gasteiger charge is 2.16. The molecular formula is C11H22N2O. The van der Waals surface area contributed by atoms with Crippen molar-refractivity contribution in [1.29, 1.82) is 0 Å². The first-order valence-electron chi connectivity index (χ1n) is 5.77. The number of carbonyl (C=O) groups excluding carboxylic acids is 1. The van der Waals surface area contributed by atoms with Gasteiger partial charge >= 0.3 is 0 Å². The number of nitrogens with one attached hydrogen (secondary N) is 1. The lowest BCUT2D eigenvalue weighted by Gasteiger charge is -2.22. The minimum Gasteiger partial charge on any atom is -0.354 e. The number of nitrogens with two attached hydrogens (primary N) is 1. The molecule has 1 atom stereocenters. The van der Waals surface area contributed by atoms with Crippen LogP contribution in [0.1, 0.15) is 45.4 Å². The molecule has 1 fully saturated rings. The summed E-state index contributed by atoms with van der Waals surface area (Å²) in [6.45, 7) is 2.76. The second-order valence-electron chi connectivity index (χ2n) is 4.26. The second kappa shape index (κ2) is 6.02. The van der Waals surface area contributed by atoms with Gasteiger partial charge in [-0.2, -0.15) is 0 Å². The molecule has 0 aromatic carbocycles. The lowest BCUT2D eigenvalue weighted by molar-refractivity contribution is -0.122. The number of hydrogen-bond donors (Lipinski definition) is 2. The minimum atomic E-state index is -0.321. The summed E-state index contributed by atoms with van der Waals surface area (Å²) in [5, 5.41) is 2.94. The molecule has 1 rings (SSSR count). The average Bonchev–Trinajstić information content (AvgIpc) is 2.26. The number of carbonyl (C=O) groups is 1. The van der Waals surface area contributed by atoms with Gasteiger partial charge in [0.1, 0.15) is 0 Å². The molecule has 14 heavy (non-hydrogen) atoms. The van der Waals surface area contributed by atoms with Crippen LogP contribution in [0.4, 0.5) is 0 Å². The van der Waals surface area contributed by atoms with Crippen molar-refractivity contribution in [2.75, 3.05) is 6.54 Å². The third-order valence-electron chi connectivity index (χ3n) is 3.07. The normalized spacial score (nSPS) is 20.4. The van der Waals surface area contributed by atoms with E-state index in [4.69, 9.17) is 5.73 Å². The molecule has 3 nitrogen and oxygen atoms in total. The lowest BCUT2D eigenvalue weighted by atomic mass is 9.89. The van der Waals surface area contributed by atoms with E-state index in [0.29, 0.717) is 5.92 Å². The maximum atomic E-state index is 11.4. The van der Waals surface area contributed by atoms with Crippen molar-refractivity contribution in [1.82, 2.24) is 5.32 Å². The summed E-state index contributed by atoms with van der Waals surface area (Å²) in [5.74, 6) is 0.704. The van der Waals surface area contributed by atoms with Crippen LogP contribution >= 0.6 is 0 Å². The van der Waals surface area contributed by atoms with Gasteiger partial charge in [0.2, 0.25) is 5.91 Å². The summed E-state index contributed by atoms with van der Waals surface area (Å²) in [6, 6.07) is -0.321. The Morgan fingerprint density at radius 2 is 2.07 bits per heavy atom.